The second kappa shape index (κ2) is 7.04. The van der Waals surface area contributed by atoms with Crippen LogP contribution in [0.2, 0.25) is 0 Å². The molecule has 100 valence electrons. The zero-order valence-corrected chi connectivity index (χ0v) is 11.6. The number of nitrogens with zero attached hydrogens (tertiary/aromatic N) is 1. The molecule has 0 fully saturated rings. The lowest BCUT2D eigenvalue weighted by Gasteiger charge is -2.26. The lowest BCUT2D eigenvalue weighted by molar-refractivity contribution is -0.136. The zero-order valence-electron chi connectivity index (χ0n) is 11.6. The first-order valence-electron chi connectivity index (χ1n) is 6.58. The maximum absolute atomic E-state index is 10.7. The van der Waals surface area contributed by atoms with E-state index in [1.165, 1.54) is 11.1 Å². The number of hydrogen-bond acceptors (Lipinski definition) is 2. The van der Waals surface area contributed by atoms with Gasteiger partial charge in [-0.05, 0) is 31.9 Å². The molecule has 0 aromatic heterocycles. The molecule has 0 radical (unpaired) electrons. The Bertz CT molecular complexity index is 401. The smallest absolute Gasteiger partial charge is 0.305 e. The Labute approximate surface area is 109 Å². The Balaban J connectivity index is 2.82. The number of anilines is 1. The lowest BCUT2D eigenvalue weighted by atomic mass is 10.1. The van der Waals surface area contributed by atoms with Crippen molar-refractivity contribution >= 4 is 11.7 Å². The molecule has 0 aliphatic carbocycles. The summed E-state index contributed by atoms with van der Waals surface area (Å²) in [7, 11) is 0. The third-order valence-electron chi connectivity index (χ3n) is 3.07. The summed E-state index contributed by atoms with van der Waals surface area (Å²) in [6.07, 6.45) is 2.40. The highest BCUT2D eigenvalue weighted by Gasteiger charge is 2.10. The summed E-state index contributed by atoms with van der Waals surface area (Å²) < 4.78 is 0. The minimum Gasteiger partial charge on any atom is -0.481 e. The number of carboxylic acids is 1. The molecule has 0 aliphatic rings. The molecule has 0 heterocycles. The van der Waals surface area contributed by atoms with Crippen LogP contribution in [0.25, 0.3) is 0 Å². The van der Waals surface area contributed by atoms with Gasteiger partial charge in [0, 0.05) is 18.8 Å². The molecular weight excluding hydrogens is 226 g/mol. The van der Waals surface area contributed by atoms with Gasteiger partial charge in [-0.25, -0.2) is 0 Å². The number of unbranched alkanes of at least 4 members (excludes halogenated alkanes) is 1. The monoisotopic (exact) mass is 249 g/mol. The van der Waals surface area contributed by atoms with Crippen LogP contribution in [-0.2, 0) is 4.79 Å². The molecule has 1 rings (SSSR count). The number of carbonyl (C=O) groups is 1. The first-order chi connectivity index (χ1) is 8.54. The van der Waals surface area contributed by atoms with Gasteiger partial charge in [-0.3, -0.25) is 4.79 Å². The standard InChI is InChI=1S/C15H23NO2/c1-4-5-9-16(10-8-15(17)18)14-7-6-12(2)11-13(14)3/h6-7,11H,4-5,8-10H2,1-3H3,(H,17,18). The largest absolute Gasteiger partial charge is 0.481 e. The number of benzene rings is 1. The molecule has 0 bridgehead atoms. The summed E-state index contributed by atoms with van der Waals surface area (Å²) in [5.74, 6) is -0.735. The SMILES string of the molecule is CCCCN(CCC(=O)O)c1ccc(C)cc1C. The molecule has 1 aromatic carbocycles. The van der Waals surface area contributed by atoms with Crippen molar-refractivity contribution in [3.05, 3.63) is 29.3 Å². The van der Waals surface area contributed by atoms with Gasteiger partial charge >= 0.3 is 5.97 Å². The number of hydrogen-bond donors (Lipinski definition) is 1. The van der Waals surface area contributed by atoms with Gasteiger partial charge in [-0.2, -0.15) is 0 Å². The molecule has 0 amide bonds. The highest BCUT2D eigenvalue weighted by Crippen LogP contribution is 2.21. The third kappa shape index (κ3) is 4.40. The van der Waals surface area contributed by atoms with Crippen molar-refractivity contribution < 1.29 is 9.90 Å². The predicted molar refractivity (Wildman–Crippen MR) is 75.3 cm³/mol. The van der Waals surface area contributed by atoms with E-state index in [1.807, 2.05) is 0 Å². The highest BCUT2D eigenvalue weighted by molar-refractivity contribution is 5.68. The van der Waals surface area contributed by atoms with Gasteiger partial charge in [0.1, 0.15) is 0 Å². The van der Waals surface area contributed by atoms with Crippen molar-refractivity contribution in [1.29, 1.82) is 0 Å². The Kier molecular flexibility index (Phi) is 5.69. The Morgan fingerprint density at radius 3 is 2.56 bits per heavy atom. The van der Waals surface area contributed by atoms with Crippen LogP contribution in [0.5, 0.6) is 0 Å². The van der Waals surface area contributed by atoms with E-state index >= 15 is 0 Å². The molecule has 3 heteroatoms. The van der Waals surface area contributed by atoms with E-state index in [0.29, 0.717) is 6.54 Å². The van der Waals surface area contributed by atoms with Crippen LogP contribution in [0.3, 0.4) is 0 Å². The fraction of sp³-hybridized carbons (Fsp3) is 0.533. The summed E-state index contributed by atoms with van der Waals surface area (Å²) in [4.78, 5) is 12.9. The predicted octanol–water partition coefficient (Wildman–Crippen LogP) is 3.38. The molecule has 3 nitrogen and oxygen atoms in total. The van der Waals surface area contributed by atoms with Crippen molar-refractivity contribution in [3.63, 3.8) is 0 Å². The van der Waals surface area contributed by atoms with Gasteiger partial charge in [0.25, 0.3) is 0 Å². The quantitative estimate of drug-likeness (QED) is 0.805. The Morgan fingerprint density at radius 2 is 2.00 bits per heavy atom. The van der Waals surface area contributed by atoms with Crippen molar-refractivity contribution in [2.75, 3.05) is 18.0 Å². The summed E-state index contributed by atoms with van der Waals surface area (Å²) in [6, 6.07) is 6.33. The van der Waals surface area contributed by atoms with Crippen LogP contribution >= 0.6 is 0 Å². The van der Waals surface area contributed by atoms with Crippen LogP contribution in [0, 0.1) is 13.8 Å². The van der Waals surface area contributed by atoms with E-state index in [-0.39, 0.29) is 6.42 Å². The van der Waals surface area contributed by atoms with Crippen molar-refractivity contribution in [2.45, 2.75) is 40.0 Å². The number of carboxylic acid groups (broad SMARTS) is 1. The minimum atomic E-state index is -0.735. The molecule has 0 unspecified atom stereocenters. The van der Waals surface area contributed by atoms with Crippen molar-refractivity contribution in [3.8, 4) is 0 Å². The van der Waals surface area contributed by atoms with E-state index in [2.05, 4.69) is 43.9 Å². The van der Waals surface area contributed by atoms with E-state index in [1.54, 1.807) is 0 Å². The fourth-order valence-corrected chi connectivity index (χ4v) is 2.09. The third-order valence-corrected chi connectivity index (χ3v) is 3.07. The van der Waals surface area contributed by atoms with Gasteiger partial charge < -0.3 is 10.0 Å². The van der Waals surface area contributed by atoms with Gasteiger partial charge in [0.05, 0.1) is 6.42 Å². The van der Waals surface area contributed by atoms with Gasteiger partial charge in [-0.15, -0.1) is 0 Å². The second-order valence-electron chi connectivity index (χ2n) is 4.77. The molecule has 0 saturated carbocycles. The minimum absolute atomic E-state index is 0.191. The summed E-state index contributed by atoms with van der Waals surface area (Å²) in [5, 5.41) is 8.82. The van der Waals surface area contributed by atoms with Gasteiger partial charge in [-0.1, -0.05) is 31.0 Å². The number of aryl methyl sites for hydroxylation is 2. The van der Waals surface area contributed by atoms with Gasteiger partial charge in [0.15, 0.2) is 0 Å². The molecular formula is C15H23NO2. The zero-order chi connectivity index (χ0) is 13.5. The summed E-state index contributed by atoms with van der Waals surface area (Å²) in [5.41, 5.74) is 3.62. The first-order valence-corrected chi connectivity index (χ1v) is 6.58. The maximum Gasteiger partial charge on any atom is 0.305 e. The molecule has 1 N–H and O–H groups in total. The molecule has 0 saturated heterocycles. The molecule has 0 spiro atoms. The fourth-order valence-electron chi connectivity index (χ4n) is 2.09. The Hall–Kier alpha value is -1.51. The summed E-state index contributed by atoms with van der Waals surface area (Å²) in [6.45, 7) is 7.82. The lowest BCUT2D eigenvalue weighted by Crippen LogP contribution is -2.27. The summed E-state index contributed by atoms with van der Waals surface area (Å²) >= 11 is 0. The molecule has 0 atom stereocenters. The van der Waals surface area contributed by atoms with Crippen LogP contribution < -0.4 is 4.90 Å². The molecule has 0 aliphatic heterocycles. The average Bonchev–Trinajstić information content (AvgIpc) is 2.30. The van der Waals surface area contributed by atoms with Crippen molar-refractivity contribution in [2.24, 2.45) is 0 Å². The topological polar surface area (TPSA) is 40.5 Å². The van der Waals surface area contributed by atoms with E-state index in [0.717, 1.165) is 25.1 Å². The number of rotatable bonds is 7. The van der Waals surface area contributed by atoms with Crippen LogP contribution in [0.1, 0.15) is 37.3 Å². The highest BCUT2D eigenvalue weighted by atomic mass is 16.4. The van der Waals surface area contributed by atoms with E-state index in [9.17, 15) is 4.79 Å². The van der Waals surface area contributed by atoms with E-state index < -0.39 is 5.97 Å². The second-order valence-corrected chi connectivity index (χ2v) is 4.77. The maximum atomic E-state index is 10.7. The molecule has 1 aromatic rings. The van der Waals surface area contributed by atoms with Crippen LogP contribution in [0.4, 0.5) is 5.69 Å². The Morgan fingerprint density at radius 1 is 1.28 bits per heavy atom. The van der Waals surface area contributed by atoms with Gasteiger partial charge in [0.2, 0.25) is 0 Å². The normalized spacial score (nSPS) is 10.4. The van der Waals surface area contributed by atoms with Crippen LogP contribution in [-0.4, -0.2) is 24.2 Å². The molecule has 18 heavy (non-hydrogen) atoms. The van der Waals surface area contributed by atoms with E-state index in [4.69, 9.17) is 5.11 Å². The average molecular weight is 249 g/mol. The van der Waals surface area contributed by atoms with Crippen LogP contribution in [0.15, 0.2) is 18.2 Å². The number of aliphatic carboxylic acids is 1. The first kappa shape index (κ1) is 14.6. The van der Waals surface area contributed by atoms with Crippen molar-refractivity contribution in [1.82, 2.24) is 0 Å².